The second-order valence-electron chi connectivity index (χ2n) is 2.97. The van der Waals surface area contributed by atoms with Gasteiger partial charge in [-0.05, 0) is 32.6 Å². The van der Waals surface area contributed by atoms with E-state index in [2.05, 4.69) is 6.58 Å². The molecule has 0 aromatic rings. The van der Waals surface area contributed by atoms with Gasteiger partial charge < -0.3 is 10.5 Å². The van der Waals surface area contributed by atoms with Crippen LogP contribution in [0.25, 0.3) is 0 Å². The third-order valence-electron chi connectivity index (χ3n) is 1.81. The van der Waals surface area contributed by atoms with Gasteiger partial charge in [0.2, 0.25) is 0 Å². The van der Waals surface area contributed by atoms with Crippen LogP contribution in [0.15, 0.2) is 12.7 Å². The van der Waals surface area contributed by atoms with Gasteiger partial charge in [0, 0.05) is 19.3 Å². The molecule has 12 heavy (non-hydrogen) atoms. The van der Waals surface area contributed by atoms with Gasteiger partial charge in [0.1, 0.15) is 0 Å². The molecular weight excluding hydrogens is 150 g/mol. The van der Waals surface area contributed by atoms with Crippen molar-refractivity contribution >= 4 is 0 Å². The van der Waals surface area contributed by atoms with E-state index in [1.54, 1.807) is 0 Å². The van der Waals surface area contributed by atoms with E-state index in [0.29, 0.717) is 6.04 Å². The van der Waals surface area contributed by atoms with Gasteiger partial charge in [-0.3, -0.25) is 0 Å². The molecule has 2 nitrogen and oxygen atoms in total. The average molecular weight is 171 g/mol. The first-order chi connectivity index (χ1) is 5.81. The van der Waals surface area contributed by atoms with Crippen LogP contribution < -0.4 is 5.73 Å². The minimum absolute atomic E-state index is 0.323. The number of ether oxygens (including phenoxy) is 1. The van der Waals surface area contributed by atoms with Crippen LogP contribution in [0.2, 0.25) is 0 Å². The number of hydrogen-bond donors (Lipinski definition) is 1. The molecule has 72 valence electrons. The summed E-state index contributed by atoms with van der Waals surface area (Å²) < 4.78 is 5.21. The van der Waals surface area contributed by atoms with Crippen molar-refractivity contribution < 1.29 is 4.74 Å². The number of nitrogens with two attached hydrogens (primary N) is 1. The minimum atomic E-state index is 0.323. The van der Waals surface area contributed by atoms with Crippen molar-refractivity contribution in [2.24, 2.45) is 5.73 Å². The van der Waals surface area contributed by atoms with E-state index >= 15 is 0 Å². The highest BCUT2D eigenvalue weighted by Gasteiger charge is 1.99. The third-order valence-corrected chi connectivity index (χ3v) is 1.81. The van der Waals surface area contributed by atoms with Gasteiger partial charge >= 0.3 is 0 Å². The maximum absolute atomic E-state index is 5.84. The molecule has 0 rings (SSSR count). The van der Waals surface area contributed by atoms with Gasteiger partial charge in [0.25, 0.3) is 0 Å². The Bertz CT molecular complexity index is 104. The van der Waals surface area contributed by atoms with Gasteiger partial charge in [0.15, 0.2) is 0 Å². The Morgan fingerprint density at radius 2 is 2.25 bits per heavy atom. The smallest absolute Gasteiger partial charge is 0.0466 e. The second kappa shape index (κ2) is 8.75. The van der Waals surface area contributed by atoms with Crippen LogP contribution in [0, 0.1) is 0 Å². The van der Waals surface area contributed by atoms with Crippen molar-refractivity contribution in [2.45, 2.75) is 38.6 Å². The molecule has 0 fully saturated rings. The summed E-state index contributed by atoms with van der Waals surface area (Å²) in [5.74, 6) is 0. The molecule has 1 unspecified atom stereocenters. The fourth-order valence-electron chi connectivity index (χ4n) is 1.07. The monoisotopic (exact) mass is 171 g/mol. The summed E-state index contributed by atoms with van der Waals surface area (Å²) in [6.07, 6.45) is 6.13. The predicted molar refractivity (Wildman–Crippen MR) is 53.1 cm³/mol. The van der Waals surface area contributed by atoms with E-state index in [0.717, 1.165) is 38.9 Å². The van der Waals surface area contributed by atoms with E-state index in [-0.39, 0.29) is 0 Å². The Morgan fingerprint density at radius 1 is 1.50 bits per heavy atom. The van der Waals surface area contributed by atoms with Crippen LogP contribution in [0.5, 0.6) is 0 Å². The molecule has 0 aliphatic carbocycles. The lowest BCUT2D eigenvalue weighted by atomic mass is 10.1. The zero-order chi connectivity index (χ0) is 9.23. The predicted octanol–water partition coefficient (Wildman–Crippen LogP) is 2.10. The molecule has 0 saturated carbocycles. The summed E-state index contributed by atoms with van der Waals surface area (Å²) >= 11 is 0. The summed E-state index contributed by atoms with van der Waals surface area (Å²) in [5.41, 5.74) is 5.84. The lowest BCUT2D eigenvalue weighted by molar-refractivity contribution is 0.141. The van der Waals surface area contributed by atoms with Crippen LogP contribution >= 0.6 is 0 Å². The zero-order valence-corrected chi connectivity index (χ0v) is 8.09. The molecule has 0 aliphatic rings. The van der Waals surface area contributed by atoms with Crippen molar-refractivity contribution in [3.8, 4) is 0 Å². The van der Waals surface area contributed by atoms with Crippen molar-refractivity contribution in [1.29, 1.82) is 0 Å². The number of rotatable bonds is 8. The normalized spacial score (nSPS) is 12.8. The van der Waals surface area contributed by atoms with Gasteiger partial charge in [-0.15, -0.1) is 6.58 Å². The van der Waals surface area contributed by atoms with Crippen LogP contribution in [0.4, 0.5) is 0 Å². The number of hydrogen-bond acceptors (Lipinski definition) is 2. The molecular formula is C10H21NO. The number of allylic oxidation sites excluding steroid dienone is 1. The van der Waals surface area contributed by atoms with E-state index in [4.69, 9.17) is 10.5 Å². The molecule has 0 saturated heterocycles. The Morgan fingerprint density at radius 3 is 2.83 bits per heavy atom. The first-order valence-corrected chi connectivity index (χ1v) is 4.75. The topological polar surface area (TPSA) is 35.2 Å². The SMILES string of the molecule is C=CCCC(N)CCCOCC. The summed E-state index contributed by atoms with van der Waals surface area (Å²) in [7, 11) is 0. The van der Waals surface area contributed by atoms with Crippen molar-refractivity contribution in [1.82, 2.24) is 0 Å². The third kappa shape index (κ3) is 7.76. The van der Waals surface area contributed by atoms with Gasteiger partial charge in [0.05, 0.1) is 0 Å². The minimum Gasteiger partial charge on any atom is -0.382 e. The first kappa shape index (κ1) is 11.7. The average Bonchev–Trinajstić information content (AvgIpc) is 2.09. The van der Waals surface area contributed by atoms with Crippen LogP contribution in [0.1, 0.15) is 32.6 Å². The maximum atomic E-state index is 5.84. The van der Waals surface area contributed by atoms with E-state index in [1.165, 1.54) is 0 Å². The molecule has 2 N–H and O–H groups in total. The first-order valence-electron chi connectivity index (χ1n) is 4.75. The van der Waals surface area contributed by atoms with Gasteiger partial charge in [-0.25, -0.2) is 0 Å². The molecule has 0 aromatic heterocycles. The molecule has 0 bridgehead atoms. The van der Waals surface area contributed by atoms with E-state index in [1.807, 2.05) is 13.0 Å². The molecule has 2 heteroatoms. The Balaban J connectivity index is 3.07. The Kier molecular flexibility index (Phi) is 8.51. The van der Waals surface area contributed by atoms with E-state index in [9.17, 15) is 0 Å². The van der Waals surface area contributed by atoms with Crippen molar-refractivity contribution in [2.75, 3.05) is 13.2 Å². The molecule has 0 radical (unpaired) electrons. The highest BCUT2D eigenvalue weighted by atomic mass is 16.5. The highest BCUT2D eigenvalue weighted by molar-refractivity contribution is 4.71. The summed E-state index contributed by atoms with van der Waals surface area (Å²) in [6, 6.07) is 0.323. The van der Waals surface area contributed by atoms with Gasteiger partial charge in [-0.1, -0.05) is 6.08 Å². The molecule has 0 amide bonds. The zero-order valence-electron chi connectivity index (χ0n) is 8.09. The largest absolute Gasteiger partial charge is 0.382 e. The molecule has 0 aliphatic heterocycles. The Hall–Kier alpha value is -0.340. The van der Waals surface area contributed by atoms with Crippen LogP contribution in [-0.2, 0) is 4.74 Å². The standard InChI is InChI=1S/C10H21NO/c1-3-5-7-10(11)8-6-9-12-4-2/h3,10H,1,4-9,11H2,2H3. The van der Waals surface area contributed by atoms with Gasteiger partial charge in [-0.2, -0.15) is 0 Å². The van der Waals surface area contributed by atoms with Crippen molar-refractivity contribution in [3.05, 3.63) is 12.7 Å². The lowest BCUT2D eigenvalue weighted by Crippen LogP contribution is -2.19. The molecule has 0 aromatic carbocycles. The molecule has 1 atom stereocenters. The second-order valence-corrected chi connectivity index (χ2v) is 2.97. The maximum Gasteiger partial charge on any atom is 0.0466 e. The molecule has 0 spiro atoms. The van der Waals surface area contributed by atoms with Crippen molar-refractivity contribution in [3.63, 3.8) is 0 Å². The summed E-state index contributed by atoms with van der Waals surface area (Å²) in [4.78, 5) is 0. The summed E-state index contributed by atoms with van der Waals surface area (Å²) in [5, 5.41) is 0. The molecule has 0 heterocycles. The van der Waals surface area contributed by atoms with Crippen LogP contribution in [0.3, 0.4) is 0 Å². The lowest BCUT2D eigenvalue weighted by Gasteiger charge is -2.09. The quantitative estimate of drug-likeness (QED) is 0.448. The fraction of sp³-hybridized carbons (Fsp3) is 0.800. The highest BCUT2D eigenvalue weighted by Crippen LogP contribution is 2.02. The van der Waals surface area contributed by atoms with E-state index < -0.39 is 0 Å². The van der Waals surface area contributed by atoms with Crippen LogP contribution in [-0.4, -0.2) is 19.3 Å². The Labute approximate surface area is 75.8 Å². The summed E-state index contributed by atoms with van der Waals surface area (Å²) in [6.45, 7) is 7.33. The fourth-order valence-corrected chi connectivity index (χ4v) is 1.07.